The van der Waals surface area contributed by atoms with Crippen molar-refractivity contribution in [2.75, 3.05) is 37.3 Å². The molecule has 0 aliphatic carbocycles. The van der Waals surface area contributed by atoms with Crippen molar-refractivity contribution in [2.45, 2.75) is 24.7 Å². The Morgan fingerprint density at radius 2 is 1.96 bits per heavy atom. The number of carbonyl (C=O) groups excluding carboxylic acids is 2. The molecule has 1 unspecified atom stereocenters. The van der Waals surface area contributed by atoms with Crippen molar-refractivity contribution in [1.29, 1.82) is 0 Å². The average molecular weight is 372 g/mol. The molecule has 1 aromatic rings. The summed E-state index contributed by atoms with van der Waals surface area (Å²) in [6, 6.07) is 7.89. The fourth-order valence-electron chi connectivity index (χ4n) is 2.62. The van der Waals surface area contributed by atoms with Gasteiger partial charge in [-0.05, 0) is 43.5 Å². The first-order valence-corrected chi connectivity index (χ1v) is 9.31. The molecule has 1 fully saturated rings. The van der Waals surface area contributed by atoms with Crippen LogP contribution in [0, 0.1) is 5.92 Å². The summed E-state index contributed by atoms with van der Waals surface area (Å²) in [6.45, 7) is 4.89. The van der Waals surface area contributed by atoms with E-state index in [4.69, 9.17) is 0 Å². The van der Waals surface area contributed by atoms with Gasteiger partial charge in [-0.2, -0.15) is 0 Å². The number of hydrogen-bond donors (Lipinski definition) is 2. The van der Waals surface area contributed by atoms with Gasteiger partial charge in [0.05, 0.1) is 5.92 Å². The van der Waals surface area contributed by atoms with Crippen LogP contribution in [0.5, 0.6) is 0 Å². The molecule has 0 aromatic heterocycles. The molecule has 1 saturated heterocycles. The second-order valence-corrected chi connectivity index (χ2v) is 6.52. The lowest BCUT2D eigenvalue weighted by Crippen LogP contribution is -2.37. The van der Waals surface area contributed by atoms with Gasteiger partial charge in [-0.25, -0.2) is 0 Å². The quantitative estimate of drug-likeness (QED) is 0.543. The minimum absolute atomic E-state index is 0. The fourth-order valence-corrected chi connectivity index (χ4v) is 3.02. The highest BCUT2D eigenvalue weighted by Crippen LogP contribution is 2.27. The maximum atomic E-state index is 12.2. The van der Waals surface area contributed by atoms with Crippen molar-refractivity contribution in [1.82, 2.24) is 10.6 Å². The van der Waals surface area contributed by atoms with Crippen LogP contribution in [0.1, 0.15) is 19.8 Å². The Balaban J connectivity index is 0.00000288. The summed E-state index contributed by atoms with van der Waals surface area (Å²) in [5, 5.41) is 6.15. The van der Waals surface area contributed by atoms with Crippen molar-refractivity contribution in [3.8, 4) is 0 Å². The summed E-state index contributed by atoms with van der Waals surface area (Å²) in [4.78, 5) is 27.2. The number of anilines is 1. The van der Waals surface area contributed by atoms with Crippen molar-refractivity contribution in [3.05, 3.63) is 24.3 Å². The summed E-state index contributed by atoms with van der Waals surface area (Å²) in [5.74, 6) is -0.264. The molecule has 2 amide bonds. The van der Waals surface area contributed by atoms with E-state index in [1.165, 1.54) is 0 Å². The summed E-state index contributed by atoms with van der Waals surface area (Å²) in [6.07, 6.45) is 3.39. The second kappa shape index (κ2) is 10.6. The summed E-state index contributed by atoms with van der Waals surface area (Å²) in [7, 11) is 0. The van der Waals surface area contributed by atoms with Crippen LogP contribution in [0.2, 0.25) is 0 Å². The molecule has 2 N–H and O–H groups in total. The summed E-state index contributed by atoms with van der Waals surface area (Å²) < 4.78 is 0. The van der Waals surface area contributed by atoms with Crippen LogP contribution in [0.4, 0.5) is 5.69 Å². The molecule has 1 aliphatic rings. The van der Waals surface area contributed by atoms with Gasteiger partial charge in [-0.3, -0.25) is 9.59 Å². The normalized spacial score (nSPS) is 16.8. The Kier molecular flexibility index (Phi) is 9.18. The highest BCUT2D eigenvalue weighted by molar-refractivity contribution is 7.98. The van der Waals surface area contributed by atoms with E-state index in [-0.39, 0.29) is 30.1 Å². The van der Waals surface area contributed by atoms with Crippen molar-refractivity contribution < 1.29 is 9.59 Å². The molecule has 24 heavy (non-hydrogen) atoms. The second-order valence-electron chi connectivity index (χ2n) is 5.64. The van der Waals surface area contributed by atoms with Crippen molar-refractivity contribution in [3.63, 3.8) is 0 Å². The van der Waals surface area contributed by atoms with Gasteiger partial charge in [0, 0.05) is 36.6 Å². The zero-order valence-corrected chi connectivity index (χ0v) is 15.8. The minimum atomic E-state index is -0.256. The van der Waals surface area contributed by atoms with Gasteiger partial charge in [0.25, 0.3) is 0 Å². The molecular weight excluding hydrogens is 346 g/mol. The smallest absolute Gasteiger partial charge is 0.227 e. The van der Waals surface area contributed by atoms with Crippen LogP contribution < -0.4 is 15.5 Å². The number of benzene rings is 1. The molecule has 0 spiro atoms. The van der Waals surface area contributed by atoms with Gasteiger partial charge >= 0.3 is 0 Å². The van der Waals surface area contributed by atoms with E-state index < -0.39 is 0 Å². The first-order valence-electron chi connectivity index (χ1n) is 8.08. The molecular formula is C17H26ClN3O2S. The van der Waals surface area contributed by atoms with E-state index in [1.807, 2.05) is 30.5 Å². The third-order valence-electron chi connectivity index (χ3n) is 3.91. The lowest BCUT2D eigenvalue weighted by Gasteiger charge is -2.17. The molecule has 1 aromatic carbocycles. The fraction of sp³-hybridized carbons (Fsp3) is 0.529. The standard InChI is InChI=1S/C17H25N3O2S.ClH/c1-3-8-18-9-10-19-17(22)13-11-16(21)20(12-13)14-4-6-15(23-2)7-5-14;/h4-7,13,18H,3,8-12H2,1-2H3,(H,19,22);1H. The summed E-state index contributed by atoms with van der Waals surface area (Å²) in [5.41, 5.74) is 0.868. The average Bonchev–Trinajstić information content (AvgIpc) is 2.96. The lowest BCUT2D eigenvalue weighted by atomic mass is 10.1. The van der Waals surface area contributed by atoms with E-state index in [0.717, 1.165) is 30.1 Å². The first kappa shape index (κ1) is 20.8. The first-order chi connectivity index (χ1) is 11.2. The molecule has 134 valence electrons. The van der Waals surface area contributed by atoms with Crippen LogP contribution in [0.25, 0.3) is 0 Å². The van der Waals surface area contributed by atoms with Gasteiger partial charge in [-0.15, -0.1) is 24.2 Å². The Hall–Kier alpha value is -1.24. The van der Waals surface area contributed by atoms with Crippen LogP contribution in [-0.4, -0.2) is 44.2 Å². The lowest BCUT2D eigenvalue weighted by molar-refractivity contribution is -0.126. The molecule has 7 heteroatoms. The molecule has 1 heterocycles. The molecule has 1 atom stereocenters. The Morgan fingerprint density at radius 3 is 2.58 bits per heavy atom. The van der Waals surface area contributed by atoms with Gasteiger partial charge in [0.2, 0.25) is 11.8 Å². The third-order valence-corrected chi connectivity index (χ3v) is 4.65. The Labute approximate surface area is 154 Å². The molecule has 0 saturated carbocycles. The number of amides is 2. The van der Waals surface area contributed by atoms with E-state index in [0.29, 0.717) is 19.5 Å². The van der Waals surface area contributed by atoms with Gasteiger partial charge < -0.3 is 15.5 Å². The molecule has 0 radical (unpaired) electrons. The number of carbonyl (C=O) groups is 2. The molecule has 5 nitrogen and oxygen atoms in total. The highest BCUT2D eigenvalue weighted by Gasteiger charge is 2.34. The third kappa shape index (κ3) is 5.69. The number of nitrogens with zero attached hydrogens (tertiary/aromatic N) is 1. The van der Waals surface area contributed by atoms with Crippen LogP contribution >= 0.6 is 24.2 Å². The van der Waals surface area contributed by atoms with E-state index in [1.54, 1.807) is 16.7 Å². The minimum Gasteiger partial charge on any atom is -0.355 e. The number of thioether (sulfide) groups is 1. The maximum absolute atomic E-state index is 12.2. The number of halogens is 1. The monoisotopic (exact) mass is 371 g/mol. The number of rotatable bonds is 8. The largest absolute Gasteiger partial charge is 0.355 e. The van der Waals surface area contributed by atoms with E-state index in [9.17, 15) is 9.59 Å². The predicted molar refractivity (Wildman–Crippen MR) is 102 cm³/mol. The molecule has 0 bridgehead atoms. The highest BCUT2D eigenvalue weighted by atomic mass is 35.5. The van der Waals surface area contributed by atoms with Crippen LogP contribution in [0.3, 0.4) is 0 Å². The number of hydrogen-bond acceptors (Lipinski definition) is 4. The predicted octanol–water partition coefficient (Wildman–Crippen LogP) is 2.30. The van der Waals surface area contributed by atoms with Gasteiger partial charge in [0.15, 0.2) is 0 Å². The van der Waals surface area contributed by atoms with Crippen molar-refractivity contribution in [2.24, 2.45) is 5.92 Å². The van der Waals surface area contributed by atoms with Gasteiger partial charge in [0.1, 0.15) is 0 Å². The van der Waals surface area contributed by atoms with Crippen molar-refractivity contribution >= 4 is 41.7 Å². The maximum Gasteiger partial charge on any atom is 0.227 e. The van der Waals surface area contributed by atoms with Crippen LogP contribution in [0.15, 0.2) is 29.2 Å². The summed E-state index contributed by atoms with van der Waals surface area (Å²) >= 11 is 1.67. The van der Waals surface area contributed by atoms with Gasteiger partial charge in [-0.1, -0.05) is 6.92 Å². The SMILES string of the molecule is CCCNCCNC(=O)C1CC(=O)N(c2ccc(SC)cc2)C1.Cl. The van der Waals surface area contributed by atoms with Crippen LogP contribution in [-0.2, 0) is 9.59 Å². The molecule has 2 rings (SSSR count). The van der Waals surface area contributed by atoms with E-state index in [2.05, 4.69) is 17.6 Å². The van der Waals surface area contributed by atoms with E-state index >= 15 is 0 Å². The molecule has 1 aliphatic heterocycles. The Morgan fingerprint density at radius 1 is 1.25 bits per heavy atom. The topological polar surface area (TPSA) is 61.4 Å². The zero-order valence-electron chi connectivity index (χ0n) is 14.2. The number of nitrogens with one attached hydrogen (secondary N) is 2. The Bertz CT molecular complexity index is 539. The zero-order chi connectivity index (χ0) is 16.7.